The smallest absolute Gasteiger partial charge is 0.244 e. The molecule has 0 aliphatic carbocycles. The van der Waals surface area contributed by atoms with Gasteiger partial charge in [0.15, 0.2) is 5.82 Å². The first kappa shape index (κ1) is 25.9. The number of rotatable bonds is 8. The van der Waals surface area contributed by atoms with Crippen LogP contribution in [0.4, 0.5) is 21.7 Å². The fourth-order valence-corrected chi connectivity index (χ4v) is 5.07. The normalized spacial score (nSPS) is 15.5. The monoisotopic (exact) mass is 543 g/mol. The van der Waals surface area contributed by atoms with Gasteiger partial charge < -0.3 is 30.2 Å². The Balaban J connectivity index is 1.26. The molecule has 0 bridgehead atoms. The molecular weight excluding hydrogens is 513 g/mol. The minimum atomic E-state index is -0.555. The van der Waals surface area contributed by atoms with Crippen molar-refractivity contribution in [2.75, 3.05) is 57.6 Å². The molecule has 1 atom stereocenters. The summed E-state index contributed by atoms with van der Waals surface area (Å²) in [5.41, 5.74) is 4.42. The van der Waals surface area contributed by atoms with Crippen molar-refractivity contribution in [2.45, 2.75) is 6.04 Å². The van der Waals surface area contributed by atoms with Crippen molar-refractivity contribution in [2.24, 2.45) is 0 Å². The minimum Gasteiger partial charge on any atom is -0.383 e. The Morgan fingerprint density at radius 2 is 2.00 bits per heavy atom. The molecule has 12 heteroatoms. The number of methoxy groups -OCH3 is 1. The number of nitrogens with zero attached hydrogens (tertiary/aromatic N) is 5. The summed E-state index contributed by atoms with van der Waals surface area (Å²) >= 11 is 0. The van der Waals surface area contributed by atoms with E-state index in [9.17, 15) is 4.79 Å². The van der Waals surface area contributed by atoms with Crippen LogP contribution in [0.1, 0.15) is 0 Å². The van der Waals surface area contributed by atoms with Crippen LogP contribution in [0.25, 0.3) is 33.2 Å². The van der Waals surface area contributed by atoms with Crippen LogP contribution < -0.4 is 10.6 Å². The number of aromatic amines is 2. The Kier molecular flexibility index (Phi) is 7.11. The van der Waals surface area contributed by atoms with Gasteiger partial charge in [-0.25, -0.2) is 19.3 Å². The van der Waals surface area contributed by atoms with E-state index in [-0.39, 0.29) is 24.2 Å². The maximum atomic E-state index is 15.0. The van der Waals surface area contributed by atoms with Gasteiger partial charge in [0.25, 0.3) is 0 Å². The number of carbonyl (C=O) groups is 1. The van der Waals surface area contributed by atoms with E-state index in [0.717, 1.165) is 54.5 Å². The van der Waals surface area contributed by atoms with E-state index in [2.05, 4.69) is 52.4 Å². The number of hydrogen-bond donors (Lipinski definition) is 4. The number of fused-ring (bicyclic) bond motifs is 2. The predicted octanol–water partition coefficient (Wildman–Crippen LogP) is 3.58. The number of likely N-dealkylation sites (N-methyl/N-ethyl adjacent to an activating group) is 1. The van der Waals surface area contributed by atoms with Crippen LogP contribution in [-0.4, -0.2) is 93.6 Å². The average molecular weight is 544 g/mol. The van der Waals surface area contributed by atoms with Gasteiger partial charge in [-0.2, -0.15) is 0 Å². The van der Waals surface area contributed by atoms with Gasteiger partial charge in [0.1, 0.15) is 11.7 Å². The third kappa shape index (κ3) is 5.11. The van der Waals surface area contributed by atoms with Gasteiger partial charge in [0.05, 0.1) is 41.4 Å². The zero-order valence-corrected chi connectivity index (χ0v) is 22.2. The summed E-state index contributed by atoms with van der Waals surface area (Å²) in [6, 6.07) is 10.7. The number of anilines is 3. The number of carbonyl (C=O) groups excluding carboxylic acids is 1. The number of amides is 1. The molecule has 40 heavy (non-hydrogen) atoms. The molecular formula is C28H30FN9O2. The number of hydrogen-bond acceptors (Lipinski definition) is 8. The predicted molar refractivity (Wildman–Crippen MR) is 152 cm³/mol. The maximum Gasteiger partial charge on any atom is 0.244 e. The van der Waals surface area contributed by atoms with Gasteiger partial charge in [-0.3, -0.25) is 9.69 Å². The van der Waals surface area contributed by atoms with Crippen molar-refractivity contribution >= 4 is 45.2 Å². The number of piperazine rings is 1. The molecule has 0 spiro atoms. The Bertz CT molecular complexity index is 1660. The molecule has 4 N–H and O–H groups in total. The van der Waals surface area contributed by atoms with Crippen LogP contribution in [0, 0.1) is 5.82 Å². The standard InChI is InChI=1S/C28H30FN9O2/c1-37-8-10-38(11-9-37)24(15-40-2)27(39)35-22-5-3-4-18-19(13-30-26(18)22)25-20(29)14-31-28(36-25)34-17-6-7-21-23(12-17)33-16-32-21/h3-7,12-14,16,24,30H,8-11,15H2,1-2H3,(H,32,33)(H,35,39)(H,31,34,36)/t24-/m1/s1. The quantitative estimate of drug-likeness (QED) is 0.234. The molecule has 1 aliphatic rings. The Hall–Kier alpha value is -4.39. The van der Waals surface area contributed by atoms with Crippen LogP contribution >= 0.6 is 0 Å². The number of para-hydroxylation sites is 1. The van der Waals surface area contributed by atoms with Crippen LogP contribution in [0.3, 0.4) is 0 Å². The summed E-state index contributed by atoms with van der Waals surface area (Å²) < 4.78 is 20.4. The number of aromatic nitrogens is 5. The SMILES string of the molecule is COC[C@H](C(=O)Nc1cccc2c(-c3nc(Nc4ccc5nc[nH]c5c4)ncc3F)c[nH]c12)N1CCN(C)CC1. The van der Waals surface area contributed by atoms with Crippen LogP contribution in [0.2, 0.25) is 0 Å². The molecule has 4 heterocycles. The third-order valence-electron chi connectivity index (χ3n) is 7.25. The van der Waals surface area contributed by atoms with Crippen molar-refractivity contribution in [1.82, 2.24) is 34.7 Å². The molecule has 1 saturated heterocycles. The average Bonchev–Trinajstić information content (AvgIpc) is 3.61. The molecule has 2 aromatic carbocycles. The largest absolute Gasteiger partial charge is 0.383 e. The number of benzene rings is 2. The molecule has 206 valence electrons. The molecule has 11 nitrogen and oxygen atoms in total. The van der Waals surface area contributed by atoms with E-state index in [1.165, 1.54) is 0 Å². The number of nitrogens with one attached hydrogen (secondary N) is 4. The van der Waals surface area contributed by atoms with E-state index < -0.39 is 11.9 Å². The topological polar surface area (TPSA) is 127 Å². The first-order valence-electron chi connectivity index (χ1n) is 13.1. The zero-order chi connectivity index (χ0) is 27.6. The second kappa shape index (κ2) is 11.0. The first-order chi connectivity index (χ1) is 19.5. The minimum absolute atomic E-state index is 0.143. The number of H-pyrrole nitrogens is 2. The van der Waals surface area contributed by atoms with Gasteiger partial charge in [-0.05, 0) is 31.3 Å². The highest BCUT2D eigenvalue weighted by atomic mass is 19.1. The van der Waals surface area contributed by atoms with E-state index in [1.807, 2.05) is 36.4 Å². The van der Waals surface area contributed by atoms with E-state index in [4.69, 9.17) is 4.74 Å². The van der Waals surface area contributed by atoms with Crippen molar-refractivity contribution in [3.63, 3.8) is 0 Å². The van der Waals surface area contributed by atoms with Crippen LogP contribution in [0.15, 0.2) is 55.1 Å². The summed E-state index contributed by atoms with van der Waals surface area (Å²) in [6.07, 6.45) is 4.47. The zero-order valence-electron chi connectivity index (χ0n) is 22.2. The summed E-state index contributed by atoms with van der Waals surface area (Å²) in [4.78, 5) is 36.9. The number of halogens is 1. The highest BCUT2D eigenvalue weighted by molar-refractivity contribution is 6.06. The lowest BCUT2D eigenvalue weighted by atomic mass is 10.1. The summed E-state index contributed by atoms with van der Waals surface area (Å²) in [5.74, 6) is -0.451. The Labute approximate surface area is 229 Å². The Morgan fingerprint density at radius 3 is 2.83 bits per heavy atom. The summed E-state index contributed by atoms with van der Waals surface area (Å²) in [7, 11) is 3.68. The highest BCUT2D eigenvalue weighted by Gasteiger charge is 2.29. The highest BCUT2D eigenvalue weighted by Crippen LogP contribution is 2.33. The van der Waals surface area contributed by atoms with Gasteiger partial charge in [-0.1, -0.05) is 12.1 Å². The number of imidazole rings is 1. The van der Waals surface area contributed by atoms with Gasteiger partial charge in [0.2, 0.25) is 11.9 Å². The van der Waals surface area contributed by atoms with Crippen LogP contribution in [-0.2, 0) is 9.53 Å². The second-order valence-corrected chi connectivity index (χ2v) is 9.88. The fourth-order valence-electron chi connectivity index (χ4n) is 5.07. The van der Waals surface area contributed by atoms with E-state index in [0.29, 0.717) is 16.8 Å². The molecule has 5 aromatic rings. The van der Waals surface area contributed by atoms with E-state index in [1.54, 1.807) is 19.6 Å². The first-order valence-corrected chi connectivity index (χ1v) is 13.1. The lowest BCUT2D eigenvalue weighted by Crippen LogP contribution is -2.54. The van der Waals surface area contributed by atoms with Gasteiger partial charge >= 0.3 is 0 Å². The van der Waals surface area contributed by atoms with Crippen molar-refractivity contribution in [3.8, 4) is 11.3 Å². The maximum absolute atomic E-state index is 15.0. The van der Waals surface area contributed by atoms with Crippen molar-refractivity contribution in [3.05, 3.63) is 60.9 Å². The third-order valence-corrected chi connectivity index (χ3v) is 7.25. The van der Waals surface area contributed by atoms with Crippen molar-refractivity contribution < 1.29 is 13.9 Å². The van der Waals surface area contributed by atoms with Gasteiger partial charge in [0, 0.05) is 56.1 Å². The van der Waals surface area contributed by atoms with Gasteiger partial charge in [-0.15, -0.1) is 0 Å². The summed E-state index contributed by atoms with van der Waals surface area (Å²) in [6.45, 7) is 3.64. The van der Waals surface area contributed by atoms with Crippen LogP contribution in [0.5, 0.6) is 0 Å². The molecule has 1 aliphatic heterocycles. The lowest BCUT2D eigenvalue weighted by Gasteiger charge is -2.36. The molecule has 0 unspecified atom stereocenters. The molecule has 3 aromatic heterocycles. The van der Waals surface area contributed by atoms with Crippen molar-refractivity contribution in [1.29, 1.82) is 0 Å². The molecule has 1 amide bonds. The molecule has 0 radical (unpaired) electrons. The molecule has 0 saturated carbocycles. The number of ether oxygens (including phenoxy) is 1. The molecule has 6 rings (SSSR count). The summed E-state index contributed by atoms with van der Waals surface area (Å²) in [5, 5.41) is 6.92. The lowest BCUT2D eigenvalue weighted by molar-refractivity contribution is -0.124. The Morgan fingerprint density at radius 1 is 1.15 bits per heavy atom. The second-order valence-electron chi connectivity index (χ2n) is 9.88. The fraction of sp³-hybridized carbons (Fsp3) is 0.286. The molecule has 1 fully saturated rings. The van der Waals surface area contributed by atoms with E-state index >= 15 is 4.39 Å².